The molecule has 1 N–H and O–H groups in total. The number of hydrogen-bond donors (Lipinski definition) is 1. The molecule has 5 nitrogen and oxygen atoms in total. The van der Waals surface area contributed by atoms with E-state index in [1.54, 1.807) is 32.0 Å². The average Bonchev–Trinajstić information content (AvgIpc) is 2.46. The van der Waals surface area contributed by atoms with Gasteiger partial charge in [0, 0.05) is 17.5 Å². The van der Waals surface area contributed by atoms with Crippen LogP contribution in [-0.4, -0.2) is 19.8 Å². The fourth-order valence-corrected chi connectivity index (χ4v) is 3.09. The van der Waals surface area contributed by atoms with Crippen molar-refractivity contribution < 1.29 is 22.4 Å². The van der Waals surface area contributed by atoms with Crippen molar-refractivity contribution in [3.8, 4) is 11.5 Å². The highest BCUT2D eigenvalue weighted by Crippen LogP contribution is 2.27. The Balaban J connectivity index is 2.28. The number of halogens is 1. The van der Waals surface area contributed by atoms with Gasteiger partial charge in [0.15, 0.2) is 6.29 Å². The van der Waals surface area contributed by atoms with E-state index >= 15 is 0 Å². The Morgan fingerprint density at radius 3 is 2.52 bits per heavy atom. The van der Waals surface area contributed by atoms with Crippen molar-refractivity contribution in [1.82, 2.24) is 0 Å². The molecule has 2 aromatic carbocycles. The Kier molecular flexibility index (Phi) is 5.51. The van der Waals surface area contributed by atoms with E-state index in [2.05, 4.69) is 0 Å². The van der Waals surface area contributed by atoms with Crippen LogP contribution in [-0.2, 0) is 10.1 Å². The maximum Gasteiger partial charge on any atom is 0.339 e. The molecule has 2 rings (SSSR count). The minimum absolute atomic E-state index is 0.0393. The third kappa shape index (κ3) is 4.86. The Hall–Kier alpha value is -1.76. The topological polar surface area (TPSA) is 72.8 Å². The van der Waals surface area contributed by atoms with E-state index in [0.717, 1.165) is 5.56 Å². The van der Waals surface area contributed by atoms with E-state index in [1.807, 2.05) is 0 Å². The van der Waals surface area contributed by atoms with Gasteiger partial charge in [-0.3, -0.25) is 0 Å². The molecule has 0 bridgehead atoms. The van der Waals surface area contributed by atoms with Crippen LogP contribution >= 0.6 is 11.6 Å². The summed E-state index contributed by atoms with van der Waals surface area (Å²) in [6.07, 6.45) is -0.556. The highest BCUT2D eigenvalue weighted by Gasteiger charge is 2.18. The summed E-state index contributed by atoms with van der Waals surface area (Å²) in [5, 5.41) is 9.84. The van der Waals surface area contributed by atoms with Gasteiger partial charge >= 0.3 is 10.1 Å². The summed E-state index contributed by atoms with van der Waals surface area (Å²) in [4.78, 5) is -0.0393. The fraction of sp³-hybridized carbons (Fsp3) is 0.250. The monoisotopic (exact) mass is 356 g/mol. The molecular formula is C16H17ClO5S. The Labute approximate surface area is 140 Å². The summed E-state index contributed by atoms with van der Waals surface area (Å²) in [6.45, 7) is 3.53. The molecule has 124 valence electrons. The van der Waals surface area contributed by atoms with Crippen LogP contribution in [0.3, 0.4) is 0 Å². The number of hydrogen-bond acceptors (Lipinski definition) is 5. The molecule has 0 aliphatic rings. The largest absolute Gasteiger partial charge is 0.465 e. The first kappa shape index (κ1) is 17.6. The van der Waals surface area contributed by atoms with Gasteiger partial charge in [0.1, 0.15) is 16.4 Å². The summed E-state index contributed by atoms with van der Waals surface area (Å²) in [6, 6.07) is 10.5. The van der Waals surface area contributed by atoms with Gasteiger partial charge in [0.05, 0.1) is 0 Å². The zero-order valence-electron chi connectivity index (χ0n) is 12.7. The van der Waals surface area contributed by atoms with Crippen LogP contribution in [0, 0.1) is 6.92 Å². The van der Waals surface area contributed by atoms with Crippen LogP contribution < -0.4 is 8.92 Å². The van der Waals surface area contributed by atoms with Gasteiger partial charge in [0.25, 0.3) is 0 Å². The predicted molar refractivity (Wildman–Crippen MR) is 87.4 cm³/mol. The highest BCUT2D eigenvalue weighted by molar-refractivity contribution is 7.87. The first-order valence-electron chi connectivity index (χ1n) is 6.96. The standard InChI is InChI=1S/C16H17ClO5S/c1-3-16(18)21-13-7-11(2)8-14(10-13)22-23(19,20)15-6-4-5-12(17)9-15/h4-10,16,18H,3H2,1-2H3. The molecular weight excluding hydrogens is 340 g/mol. The lowest BCUT2D eigenvalue weighted by Crippen LogP contribution is -2.14. The smallest absolute Gasteiger partial charge is 0.339 e. The van der Waals surface area contributed by atoms with E-state index in [1.165, 1.54) is 24.3 Å². The second kappa shape index (κ2) is 7.21. The Bertz CT molecular complexity index is 789. The maximum absolute atomic E-state index is 12.3. The van der Waals surface area contributed by atoms with Crippen molar-refractivity contribution in [3.63, 3.8) is 0 Å². The van der Waals surface area contributed by atoms with Crippen LogP contribution in [0.5, 0.6) is 11.5 Å². The highest BCUT2D eigenvalue weighted by atomic mass is 35.5. The summed E-state index contributed by atoms with van der Waals surface area (Å²) in [5.74, 6) is 0.430. The van der Waals surface area contributed by atoms with Crippen molar-refractivity contribution in [2.24, 2.45) is 0 Å². The summed E-state index contributed by atoms with van der Waals surface area (Å²) >= 11 is 5.81. The van der Waals surface area contributed by atoms with Crippen LogP contribution in [0.1, 0.15) is 18.9 Å². The summed E-state index contributed by atoms with van der Waals surface area (Å²) in [7, 11) is -4.01. The second-order valence-corrected chi connectivity index (χ2v) is 6.94. The van der Waals surface area contributed by atoms with Crippen molar-refractivity contribution in [2.45, 2.75) is 31.5 Å². The van der Waals surface area contributed by atoms with Crippen LogP contribution in [0.15, 0.2) is 47.4 Å². The number of rotatable bonds is 6. The van der Waals surface area contributed by atoms with Gasteiger partial charge in [-0.25, -0.2) is 0 Å². The first-order chi connectivity index (χ1) is 10.8. The summed E-state index contributed by atoms with van der Waals surface area (Å²) in [5.41, 5.74) is 0.738. The van der Waals surface area contributed by atoms with Gasteiger partial charge in [0.2, 0.25) is 0 Å². The maximum atomic E-state index is 12.3. The van der Waals surface area contributed by atoms with E-state index in [-0.39, 0.29) is 10.6 Å². The third-order valence-electron chi connectivity index (χ3n) is 2.94. The molecule has 23 heavy (non-hydrogen) atoms. The Morgan fingerprint density at radius 1 is 1.17 bits per heavy atom. The molecule has 7 heteroatoms. The quantitative estimate of drug-likeness (QED) is 0.633. The molecule has 0 amide bonds. The van der Waals surface area contributed by atoms with E-state index < -0.39 is 16.4 Å². The summed E-state index contributed by atoms with van der Waals surface area (Å²) < 4.78 is 35.0. The fourth-order valence-electron chi connectivity index (χ4n) is 1.87. The molecule has 0 aromatic heterocycles. The normalized spacial score (nSPS) is 12.7. The SMILES string of the molecule is CCC(O)Oc1cc(C)cc(OS(=O)(=O)c2cccc(Cl)c2)c1. The molecule has 0 radical (unpaired) electrons. The molecule has 1 unspecified atom stereocenters. The van der Waals surface area contributed by atoms with Gasteiger partial charge in [-0.1, -0.05) is 24.6 Å². The lowest BCUT2D eigenvalue weighted by atomic mass is 10.2. The van der Waals surface area contributed by atoms with E-state index in [4.69, 9.17) is 20.5 Å². The Morgan fingerprint density at radius 2 is 1.87 bits per heavy atom. The van der Waals surface area contributed by atoms with Crippen molar-refractivity contribution in [3.05, 3.63) is 53.1 Å². The zero-order valence-corrected chi connectivity index (χ0v) is 14.3. The average molecular weight is 357 g/mol. The molecule has 0 aliphatic heterocycles. The van der Waals surface area contributed by atoms with Gasteiger partial charge in [-0.15, -0.1) is 0 Å². The molecule has 2 aromatic rings. The van der Waals surface area contributed by atoms with E-state index in [0.29, 0.717) is 17.2 Å². The molecule has 0 heterocycles. The van der Waals surface area contributed by atoms with Crippen LogP contribution in [0.25, 0.3) is 0 Å². The van der Waals surface area contributed by atoms with E-state index in [9.17, 15) is 13.5 Å². The lowest BCUT2D eigenvalue weighted by molar-refractivity contribution is -0.0192. The minimum atomic E-state index is -4.01. The van der Waals surface area contributed by atoms with Gasteiger partial charge in [-0.2, -0.15) is 8.42 Å². The number of benzene rings is 2. The zero-order chi connectivity index (χ0) is 17.0. The lowest BCUT2D eigenvalue weighted by Gasteiger charge is -2.14. The van der Waals surface area contributed by atoms with Gasteiger partial charge < -0.3 is 14.0 Å². The molecule has 0 saturated heterocycles. The van der Waals surface area contributed by atoms with Crippen LogP contribution in [0.2, 0.25) is 5.02 Å². The number of aliphatic hydroxyl groups excluding tert-OH is 1. The van der Waals surface area contributed by atoms with Crippen LogP contribution in [0.4, 0.5) is 0 Å². The van der Waals surface area contributed by atoms with Crippen molar-refractivity contribution in [2.75, 3.05) is 0 Å². The van der Waals surface area contributed by atoms with Crippen molar-refractivity contribution >= 4 is 21.7 Å². The third-order valence-corrected chi connectivity index (χ3v) is 4.41. The molecule has 0 saturated carbocycles. The second-order valence-electron chi connectivity index (χ2n) is 4.96. The molecule has 0 spiro atoms. The molecule has 0 fully saturated rings. The number of aryl methyl sites for hydroxylation is 1. The number of aliphatic hydroxyl groups is 1. The van der Waals surface area contributed by atoms with Gasteiger partial charge in [-0.05, 0) is 42.8 Å². The van der Waals surface area contributed by atoms with Crippen molar-refractivity contribution in [1.29, 1.82) is 0 Å². The first-order valence-corrected chi connectivity index (χ1v) is 8.75. The number of ether oxygens (including phenoxy) is 1. The minimum Gasteiger partial charge on any atom is -0.465 e. The molecule has 1 atom stereocenters. The predicted octanol–water partition coefficient (Wildman–Crippen LogP) is 3.52. The molecule has 0 aliphatic carbocycles.